The smallest absolute Gasteiger partial charge is 0.296 e. The molecule has 1 aliphatic heterocycles. The predicted molar refractivity (Wildman–Crippen MR) is 96.2 cm³/mol. The lowest BCUT2D eigenvalue weighted by molar-refractivity contribution is -0.116. The van der Waals surface area contributed by atoms with Crippen molar-refractivity contribution >= 4 is 5.91 Å². The average Bonchev–Trinajstić information content (AvgIpc) is 2.98. The number of nitrogens with zero attached hydrogens (tertiary/aromatic N) is 1. The van der Waals surface area contributed by atoms with E-state index >= 15 is 0 Å². The Morgan fingerprint density at radius 2 is 2.00 bits per heavy atom. The van der Waals surface area contributed by atoms with Gasteiger partial charge in [0.2, 0.25) is 0 Å². The van der Waals surface area contributed by atoms with Gasteiger partial charge in [0.05, 0.1) is 6.04 Å². The second-order valence-electron chi connectivity index (χ2n) is 6.30. The largest absolute Gasteiger partial charge is 0.341 e. The molecule has 1 N–H and O–H groups in total. The number of rotatable bonds is 4. The second kappa shape index (κ2) is 7.96. The molecule has 2 aromatic carbocycles. The Morgan fingerprint density at radius 3 is 2.72 bits per heavy atom. The summed E-state index contributed by atoms with van der Waals surface area (Å²) in [6.07, 6.45) is 0. The van der Waals surface area contributed by atoms with Crippen LogP contribution >= 0.6 is 0 Å². The molecule has 1 aliphatic rings. The number of likely N-dealkylation sites (tertiary alicyclic amines) is 1. The third-order valence-electron chi connectivity index (χ3n) is 4.48. The molecular formula is C21H21FN2O. The van der Waals surface area contributed by atoms with Crippen molar-refractivity contribution in [3.63, 3.8) is 0 Å². The first-order chi connectivity index (χ1) is 12.2. The van der Waals surface area contributed by atoms with E-state index in [-0.39, 0.29) is 23.7 Å². The van der Waals surface area contributed by atoms with Gasteiger partial charge in [-0.05, 0) is 36.1 Å². The molecule has 1 heterocycles. The topological polar surface area (TPSA) is 32.3 Å². The Balaban J connectivity index is 1.79. The highest BCUT2D eigenvalue weighted by Crippen LogP contribution is 2.29. The number of carbonyl (C=O) groups excluding carboxylic acids is 1. The summed E-state index contributed by atoms with van der Waals surface area (Å²) in [4.78, 5) is 14.2. The third kappa shape index (κ3) is 4.46. The van der Waals surface area contributed by atoms with E-state index in [4.69, 9.17) is 0 Å². The summed E-state index contributed by atoms with van der Waals surface area (Å²) in [7, 11) is 0. The van der Waals surface area contributed by atoms with Crippen LogP contribution in [0, 0.1) is 17.7 Å². The Hall–Kier alpha value is -2.64. The average molecular weight is 336 g/mol. The van der Waals surface area contributed by atoms with Crippen molar-refractivity contribution < 1.29 is 9.18 Å². The lowest BCUT2D eigenvalue weighted by Gasteiger charge is -2.19. The van der Waals surface area contributed by atoms with E-state index in [0.29, 0.717) is 6.54 Å². The van der Waals surface area contributed by atoms with Crippen LogP contribution in [0.15, 0.2) is 54.6 Å². The number of hydrogen-bond donors (Lipinski definition) is 1. The highest BCUT2D eigenvalue weighted by Gasteiger charge is 2.34. The first kappa shape index (κ1) is 17.2. The summed E-state index contributed by atoms with van der Waals surface area (Å²) in [6, 6.07) is 16.8. The lowest BCUT2D eigenvalue weighted by atomic mass is 9.94. The van der Waals surface area contributed by atoms with E-state index in [0.717, 1.165) is 18.7 Å². The number of carbonyl (C=O) groups is 1. The number of nitrogens with one attached hydrogen (secondary N) is 1. The van der Waals surface area contributed by atoms with Crippen LogP contribution in [-0.2, 0) is 11.3 Å². The van der Waals surface area contributed by atoms with E-state index in [1.165, 1.54) is 11.6 Å². The minimum absolute atomic E-state index is 0.0435. The maximum atomic E-state index is 13.7. The van der Waals surface area contributed by atoms with Gasteiger partial charge in [0.15, 0.2) is 0 Å². The highest BCUT2D eigenvalue weighted by molar-refractivity contribution is 5.93. The third-order valence-corrected chi connectivity index (χ3v) is 4.48. The molecule has 128 valence electrons. The van der Waals surface area contributed by atoms with Crippen LogP contribution in [-0.4, -0.2) is 29.9 Å². The summed E-state index contributed by atoms with van der Waals surface area (Å²) in [5.41, 5.74) is 2.13. The van der Waals surface area contributed by atoms with Crippen LogP contribution in [0.5, 0.6) is 0 Å². The zero-order chi connectivity index (χ0) is 17.6. The molecule has 2 atom stereocenters. The predicted octanol–water partition coefficient (Wildman–Crippen LogP) is 2.93. The van der Waals surface area contributed by atoms with Crippen LogP contribution in [0.25, 0.3) is 0 Å². The molecule has 0 unspecified atom stereocenters. The van der Waals surface area contributed by atoms with Crippen molar-refractivity contribution in [3.8, 4) is 11.8 Å². The molecule has 1 amide bonds. The van der Waals surface area contributed by atoms with Gasteiger partial charge in [-0.1, -0.05) is 48.4 Å². The van der Waals surface area contributed by atoms with Gasteiger partial charge in [0, 0.05) is 25.6 Å². The van der Waals surface area contributed by atoms with Crippen molar-refractivity contribution in [1.29, 1.82) is 0 Å². The van der Waals surface area contributed by atoms with Crippen LogP contribution in [0.1, 0.15) is 24.0 Å². The number of hydrogen-bond acceptors (Lipinski definition) is 2. The summed E-state index contributed by atoms with van der Waals surface area (Å²) >= 11 is 0. The molecule has 3 nitrogen and oxygen atoms in total. The first-order valence-electron chi connectivity index (χ1n) is 8.40. The standard InChI is InChI=1S/C21H21FN2O/c1-2-7-21(25)23-20-15-24(13-16-8-4-3-5-9-16)14-19(20)17-10-6-11-18(22)12-17/h3-6,8-12,19-20H,13-15H2,1H3,(H,23,25)/t19-,20+/m0/s1. The molecule has 0 spiro atoms. The first-order valence-corrected chi connectivity index (χ1v) is 8.40. The number of amides is 1. The van der Waals surface area contributed by atoms with E-state index in [1.807, 2.05) is 24.3 Å². The Labute approximate surface area is 147 Å². The van der Waals surface area contributed by atoms with Gasteiger partial charge in [-0.2, -0.15) is 0 Å². The normalized spacial score (nSPS) is 19.9. The monoisotopic (exact) mass is 336 g/mol. The Bertz CT molecular complexity index is 794. The molecule has 4 heteroatoms. The SMILES string of the molecule is CC#CC(=O)N[C@@H]1CN(Cc2ccccc2)C[C@H]1c1cccc(F)c1. The van der Waals surface area contributed by atoms with E-state index in [1.54, 1.807) is 19.1 Å². The van der Waals surface area contributed by atoms with Crippen molar-refractivity contribution in [1.82, 2.24) is 10.2 Å². The van der Waals surface area contributed by atoms with Gasteiger partial charge in [-0.3, -0.25) is 9.69 Å². The van der Waals surface area contributed by atoms with Gasteiger partial charge in [0.1, 0.15) is 5.82 Å². The molecule has 0 saturated carbocycles. The van der Waals surface area contributed by atoms with Crippen molar-refractivity contribution in [2.45, 2.75) is 25.4 Å². The maximum absolute atomic E-state index is 13.7. The summed E-state index contributed by atoms with van der Waals surface area (Å²) in [6.45, 7) is 3.93. The number of halogens is 1. The van der Waals surface area contributed by atoms with Gasteiger partial charge in [0.25, 0.3) is 5.91 Å². The minimum atomic E-state index is -0.282. The number of benzene rings is 2. The zero-order valence-electron chi connectivity index (χ0n) is 14.2. The van der Waals surface area contributed by atoms with Crippen LogP contribution < -0.4 is 5.32 Å². The fourth-order valence-electron chi connectivity index (χ4n) is 3.40. The Morgan fingerprint density at radius 1 is 1.20 bits per heavy atom. The molecule has 2 aromatic rings. The second-order valence-corrected chi connectivity index (χ2v) is 6.30. The fourth-order valence-corrected chi connectivity index (χ4v) is 3.40. The van der Waals surface area contributed by atoms with Crippen LogP contribution in [0.4, 0.5) is 4.39 Å². The van der Waals surface area contributed by atoms with Gasteiger partial charge in [-0.25, -0.2) is 4.39 Å². The lowest BCUT2D eigenvalue weighted by Crippen LogP contribution is -2.39. The van der Waals surface area contributed by atoms with Gasteiger partial charge < -0.3 is 5.32 Å². The van der Waals surface area contributed by atoms with Gasteiger partial charge in [-0.15, -0.1) is 0 Å². The maximum Gasteiger partial charge on any atom is 0.296 e. The van der Waals surface area contributed by atoms with Crippen molar-refractivity contribution in [2.24, 2.45) is 0 Å². The van der Waals surface area contributed by atoms with Crippen molar-refractivity contribution in [3.05, 3.63) is 71.5 Å². The van der Waals surface area contributed by atoms with Crippen molar-refractivity contribution in [2.75, 3.05) is 13.1 Å². The summed E-state index contributed by atoms with van der Waals surface area (Å²) < 4.78 is 13.7. The molecule has 0 bridgehead atoms. The highest BCUT2D eigenvalue weighted by atomic mass is 19.1. The quantitative estimate of drug-likeness (QED) is 0.871. The molecular weight excluding hydrogens is 315 g/mol. The summed E-state index contributed by atoms with van der Waals surface area (Å²) in [5, 5.41) is 2.99. The zero-order valence-corrected chi connectivity index (χ0v) is 14.2. The van der Waals surface area contributed by atoms with Crippen LogP contribution in [0.3, 0.4) is 0 Å². The minimum Gasteiger partial charge on any atom is -0.341 e. The molecule has 1 saturated heterocycles. The molecule has 3 rings (SSSR count). The van der Waals surface area contributed by atoms with E-state index < -0.39 is 0 Å². The van der Waals surface area contributed by atoms with E-state index in [2.05, 4.69) is 34.2 Å². The summed E-state index contributed by atoms with van der Waals surface area (Å²) in [5.74, 6) is 4.66. The molecule has 1 fully saturated rings. The van der Waals surface area contributed by atoms with E-state index in [9.17, 15) is 9.18 Å². The molecule has 0 aliphatic carbocycles. The van der Waals surface area contributed by atoms with Crippen LogP contribution in [0.2, 0.25) is 0 Å². The molecule has 0 aromatic heterocycles. The fraction of sp³-hybridized carbons (Fsp3) is 0.286. The molecule has 25 heavy (non-hydrogen) atoms. The van der Waals surface area contributed by atoms with Gasteiger partial charge >= 0.3 is 0 Å². The molecule has 0 radical (unpaired) electrons. The Kier molecular flexibility index (Phi) is 5.47.